The van der Waals surface area contributed by atoms with Gasteiger partial charge in [-0.1, -0.05) is 0 Å². The molecular weight excluding hydrogens is 295 g/mol. The van der Waals surface area contributed by atoms with Gasteiger partial charge < -0.3 is 0 Å². The van der Waals surface area contributed by atoms with E-state index in [0.717, 1.165) is 3.57 Å². The number of fused-ring (bicyclic) bond motifs is 1. The third-order valence-corrected chi connectivity index (χ3v) is 2.76. The zero-order valence-corrected chi connectivity index (χ0v) is 9.53. The molecule has 72 valence electrons. The highest BCUT2D eigenvalue weighted by atomic mass is 127. The maximum Gasteiger partial charge on any atom is 0.328 e. The first-order valence-corrected chi connectivity index (χ1v) is 5.06. The Morgan fingerprint density at radius 2 is 2.07 bits per heavy atom. The van der Waals surface area contributed by atoms with Crippen LogP contribution in [0.5, 0.6) is 0 Å². The maximum atomic E-state index is 11.4. The van der Waals surface area contributed by atoms with Gasteiger partial charge in [-0.15, -0.1) is 0 Å². The first kappa shape index (κ1) is 9.45. The summed E-state index contributed by atoms with van der Waals surface area (Å²) in [5.41, 5.74) is -0.0653. The molecule has 0 aliphatic rings. The van der Waals surface area contributed by atoms with Gasteiger partial charge in [-0.25, -0.2) is 4.79 Å². The Morgan fingerprint density at radius 1 is 1.36 bits per heavy atom. The monoisotopic (exact) mass is 302 g/mol. The zero-order chi connectivity index (χ0) is 10.3. The van der Waals surface area contributed by atoms with Crippen LogP contribution >= 0.6 is 22.6 Å². The van der Waals surface area contributed by atoms with Gasteiger partial charge in [-0.3, -0.25) is 14.3 Å². The van der Waals surface area contributed by atoms with Gasteiger partial charge in [0.05, 0.1) is 10.9 Å². The van der Waals surface area contributed by atoms with Gasteiger partial charge in [0, 0.05) is 10.6 Å². The van der Waals surface area contributed by atoms with E-state index >= 15 is 0 Å². The minimum Gasteiger partial charge on any atom is -0.296 e. The minimum absolute atomic E-state index is 0.332. The number of nitrogens with zero attached hydrogens (tertiary/aromatic N) is 1. The Morgan fingerprint density at radius 3 is 2.79 bits per heavy atom. The molecule has 1 heterocycles. The van der Waals surface area contributed by atoms with Crippen molar-refractivity contribution < 1.29 is 0 Å². The van der Waals surface area contributed by atoms with Crippen LogP contribution in [-0.2, 0) is 7.05 Å². The molecule has 14 heavy (non-hydrogen) atoms. The number of halogens is 1. The molecule has 1 N–H and O–H groups in total. The van der Waals surface area contributed by atoms with Crippen molar-refractivity contribution in [1.82, 2.24) is 9.55 Å². The van der Waals surface area contributed by atoms with Crippen LogP contribution in [0, 0.1) is 3.57 Å². The van der Waals surface area contributed by atoms with Crippen molar-refractivity contribution in [2.45, 2.75) is 0 Å². The van der Waals surface area contributed by atoms with Crippen LogP contribution in [0.25, 0.3) is 10.9 Å². The van der Waals surface area contributed by atoms with Gasteiger partial charge in [0.25, 0.3) is 5.56 Å². The van der Waals surface area contributed by atoms with Crippen LogP contribution < -0.4 is 11.2 Å². The first-order chi connectivity index (χ1) is 6.59. The minimum atomic E-state index is -0.385. The molecule has 0 amide bonds. The summed E-state index contributed by atoms with van der Waals surface area (Å²) in [4.78, 5) is 24.9. The van der Waals surface area contributed by atoms with E-state index in [1.807, 2.05) is 6.07 Å². The Balaban J connectivity index is 3.10. The summed E-state index contributed by atoms with van der Waals surface area (Å²) in [6.45, 7) is 0. The molecule has 2 rings (SSSR count). The largest absolute Gasteiger partial charge is 0.328 e. The van der Waals surface area contributed by atoms with E-state index in [-0.39, 0.29) is 11.2 Å². The molecule has 0 unspecified atom stereocenters. The van der Waals surface area contributed by atoms with E-state index < -0.39 is 0 Å². The standard InChI is InChI=1S/C9H7IN2O2/c1-12-7-3-2-5(10)4-6(7)8(13)11-9(12)14/h2-4H,1H3,(H,11,13,14). The fourth-order valence-corrected chi connectivity index (χ4v) is 1.83. The molecular formula is C9H7IN2O2. The lowest BCUT2D eigenvalue weighted by Gasteiger charge is -2.02. The number of hydrogen-bond acceptors (Lipinski definition) is 2. The van der Waals surface area contributed by atoms with Crippen LogP contribution in [0.2, 0.25) is 0 Å². The molecule has 2 aromatic rings. The molecule has 0 aliphatic carbocycles. The molecule has 0 spiro atoms. The molecule has 0 radical (unpaired) electrons. The molecule has 1 aromatic carbocycles. The van der Waals surface area contributed by atoms with Gasteiger partial charge in [0.2, 0.25) is 0 Å². The molecule has 4 nitrogen and oxygen atoms in total. The quantitative estimate of drug-likeness (QED) is 0.733. The van der Waals surface area contributed by atoms with Crippen molar-refractivity contribution in [3.8, 4) is 0 Å². The van der Waals surface area contributed by atoms with Gasteiger partial charge >= 0.3 is 5.69 Å². The fraction of sp³-hybridized carbons (Fsp3) is 0.111. The lowest BCUT2D eigenvalue weighted by molar-refractivity contribution is 0.843. The molecule has 0 aliphatic heterocycles. The van der Waals surface area contributed by atoms with Crippen LogP contribution in [0.3, 0.4) is 0 Å². The predicted molar refractivity (Wildman–Crippen MR) is 62.5 cm³/mol. The summed E-state index contributed by atoms with van der Waals surface area (Å²) in [5, 5.41) is 0.541. The third-order valence-electron chi connectivity index (χ3n) is 2.09. The SMILES string of the molecule is Cn1c(=O)[nH]c(=O)c2cc(I)ccc21. The van der Waals surface area contributed by atoms with Crippen molar-refractivity contribution in [2.24, 2.45) is 7.05 Å². The van der Waals surface area contributed by atoms with Crippen LogP contribution in [0.15, 0.2) is 27.8 Å². The zero-order valence-electron chi connectivity index (χ0n) is 7.37. The number of rotatable bonds is 0. The van der Waals surface area contributed by atoms with Gasteiger partial charge in [0.1, 0.15) is 0 Å². The number of aromatic nitrogens is 2. The molecule has 0 saturated heterocycles. The maximum absolute atomic E-state index is 11.4. The number of aromatic amines is 1. The average molecular weight is 302 g/mol. The normalized spacial score (nSPS) is 10.7. The summed E-state index contributed by atoms with van der Waals surface area (Å²) in [6, 6.07) is 5.39. The summed E-state index contributed by atoms with van der Waals surface area (Å²) in [7, 11) is 1.63. The second kappa shape index (κ2) is 3.23. The van der Waals surface area contributed by atoms with Gasteiger partial charge in [-0.05, 0) is 40.8 Å². The van der Waals surface area contributed by atoms with E-state index in [4.69, 9.17) is 0 Å². The average Bonchev–Trinajstić information content (AvgIpc) is 2.14. The second-order valence-corrected chi connectivity index (χ2v) is 4.23. The molecule has 1 aromatic heterocycles. The van der Waals surface area contributed by atoms with Crippen molar-refractivity contribution in [3.63, 3.8) is 0 Å². The summed E-state index contributed by atoms with van der Waals surface area (Å²) in [6.07, 6.45) is 0. The summed E-state index contributed by atoms with van der Waals surface area (Å²) >= 11 is 2.12. The predicted octanol–water partition coefficient (Wildman–Crippen LogP) is 0.831. The van der Waals surface area contributed by atoms with Crippen LogP contribution in [-0.4, -0.2) is 9.55 Å². The number of nitrogens with one attached hydrogen (secondary N) is 1. The number of aryl methyl sites for hydroxylation is 1. The summed E-state index contributed by atoms with van der Waals surface area (Å²) in [5.74, 6) is 0. The first-order valence-electron chi connectivity index (χ1n) is 3.98. The highest BCUT2D eigenvalue weighted by Crippen LogP contribution is 2.11. The summed E-state index contributed by atoms with van der Waals surface area (Å²) < 4.78 is 2.39. The molecule has 5 heteroatoms. The van der Waals surface area contributed by atoms with E-state index in [1.54, 1.807) is 19.2 Å². The topological polar surface area (TPSA) is 54.9 Å². The van der Waals surface area contributed by atoms with Crippen molar-refractivity contribution in [3.05, 3.63) is 42.6 Å². The van der Waals surface area contributed by atoms with Crippen LogP contribution in [0.1, 0.15) is 0 Å². The Hall–Kier alpha value is -1.11. The Bertz CT molecular complexity index is 612. The lowest BCUT2D eigenvalue weighted by Crippen LogP contribution is -2.28. The van der Waals surface area contributed by atoms with Crippen LogP contribution in [0.4, 0.5) is 0 Å². The molecule has 0 fully saturated rings. The van der Waals surface area contributed by atoms with E-state index in [1.165, 1.54) is 4.57 Å². The smallest absolute Gasteiger partial charge is 0.296 e. The second-order valence-electron chi connectivity index (χ2n) is 2.98. The number of benzene rings is 1. The molecule has 0 bridgehead atoms. The molecule has 0 saturated carbocycles. The highest BCUT2D eigenvalue weighted by Gasteiger charge is 2.03. The third kappa shape index (κ3) is 1.37. The van der Waals surface area contributed by atoms with E-state index in [2.05, 4.69) is 27.6 Å². The molecule has 0 atom stereocenters. The Labute approximate surface area is 92.7 Å². The highest BCUT2D eigenvalue weighted by molar-refractivity contribution is 14.1. The van der Waals surface area contributed by atoms with E-state index in [9.17, 15) is 9.59 Å². The van der Waals surface area contributed by atoms with Gasteiger partial charge in [-0.2, -0.15) is 0 Å². The van der Waals surface area contributed by atoms with Crippen molar-refractivity contribution in [2.75, 3.05) is 0 Å². The van der Waals surface area contributed by atoms with Gasteiger partial charge in [0.15, 0.2) is 0 Å². The van der Waals surface area contributed by atoms with E-state index in [0.29, 0.717) is 10.9 Å². The van der Waals surface area contributed by atoms with Crippen molar-refractivity contribution in [1.29, 1.82) is 0 Å². The number of H-pyrrole nitrogens is 1. The lowest BCUT2D eigenvalue weighted by atomic mass is 10.2. The fourth-order valence-electron chi connectivity index (χ4n) is 1.34. The number of hydrogen-bond donors (Lipinski definition) is 1. The van der Waals surface area contributed by atoms with Crippen molar-refractivity contribution >= 4 is 33.5 Å². The Kier molecular flexibility index (Phi) is 2.18.